The monoisotopic (exact) mass is 306 g/mol. The van der Waals surface area contributed by atoms with E-state index in [0.29, 0.717) is 12.1 Å². The predicted molar refractivity (Wildman–Crippen MR) is 76.9 cm³/mol. The maximum absolute atomic E-state index is 14.1. The van der Waals surface area contributed by atoms with E-state index in [1.54, 1.807) is 6.92 Å². The summed E-state index contributed by atoms with van der Waals surface area (Å²) in [5, 5.41) is 23.6. The molecule has 0 aliphatic carbocycles. The fraction of sp³-hybridized carbons (Fsp3) is 0.267. The van der Waals surface area contributed by atoms with E-state index >= 15 is 0 Å². The highest BCUT2D eigenvalue weighted by atomic mass is 19.1. The third-order valence-electron chi connectivity index (χ3n) is 3.61. The quantitative estimate of drug-likeness (QED) is 0.659. The summed E-state index contributed by atoms with van der Waals surface area (Å²) in [7, 11) is 0. The molecule has 0 bridgehead atoms. The molecule has 2 N–H and O–H groups in total. The lowest BCUT2D eigenvalue weighted by molar-refractivity contribution is -0.431. The molecule has 0 radical (unpaired) electrons. The van der Waals surface area contributed by atoms with Crippen LogP contribution in [0.5, 0.6) is 0 Å². The van der Waals surface area contributed by atoms with Gasteiger partial charge in [0.05, 0.1) is 16.2 Å². The molecule has 1 heterocycles. The van der Waals surface area contributed by atoms with E-state index in [0.717, 1.165) is 6.07 Å². The van der Waals surface area contributed by atoms with Crippen molar-refractivity contribution in [3.05, 3.63) is 68.4 Å². The van der Waals surface area contributed by atoms with E-state index in [-0.39, 0.29) is 22.5 Å². The van der Waals surface area contributed by atoms with E-state index in [2.05, 4.69) is 5.32 Å². The number of carboxylic acids is 1. The van der Waals surface area contributed by atoms with Crippen molar-refractivity contribution in [1.29, 1.82) is 0 Å². The number of aliphatic carboxylic acids is 1. The zero-order valence-electron chi connectivity index (χ0n) is 12.1. The Morgan fingerprint density at radius 2 is 2.09 bits per heavy atom. The Bertz CT molecular complexity index is 709. The van der Waals surface area contributed by atoms with Crippen LogP contribution in [-0.2, 0) is 4.79 Å². The van der Waals surface area contributed by atoms with Crippen LogP contribution in [0, 0.1) is 15.9 Å². The highest BCUT2D eigenvalue weighted by Gasteiger charge is 2.41. The van der Waals surface area contributed by atoms with Crippen molar-refractivity contribution in [1.82, 2.24) is 5.32 Å². The predicted octanol–water partition coefficient (Wildman–Crippen LogP) is 2.77. The van der Waals surface area contributed by atoms with Crippen molar-refractivity contribution in [3.63, 3.8) is 0 Å². The second kappa shape index (κ2) is 5.97. The molecule has 22 heavy (non-hydrogen) atoms. The first-order chi connectivity index (χ1) is 10.4. The van der Waals surface area contributed by atoms with Crippen LogP contribution in [0.1, 0.15) is 31.7 Å². The minimum atomic E-state index is -1.31. The molecule has 0 spiro atoms. The minimum absolute atomic E-state index is 0.0154. The van der Waals surface area contributed by atoms with Gasteiger partial charge in [0.25, 0.3) is 5.70 Å². The summed E-state index contributed by atoms with van der Waals surface area (Å²) in [6, 6.07) is 5.51. The average molecular weight is 306 g/mol. The number of carboxylic acid groups (broad SMARTS) is 1. The fourth-order valence-corrected chi connectivity index (χ4v) is 2.67. The third kappa shape index (κ3) is 2.57. The Balaban J connectivity index is 2.76. The van der Waals surface area contributed by atoms with E-state index in [1.807, 2.05) is 0 Å². The standard InChI is InChI=1S/C15H15FN2O4/c1-3-11-14(18(21)22)13(9-6-4-5-7-10(9)16)12(15(19)20)8(2)17-11/h4-7,13,17H,3H2,1-2H3,(H,19,20)/t13-/m1/s1. The van der Waals surface area contributed by atoms with E-state index in [4.69, 9.17) is 0 Å². The molecule has 1 atom stereocenters. The van der Waals surface area contributed by atoms with Gasteiger partial charge < -0.3 is 10.4 Å². The molecule has 0 unspecified atom stereocenters. The molecule has 116 valence electrons. The summed E-state index contributed by atoms with van der Waals surface area (Å²) in [5.74, 6) is -3.23. The number of carbonyl (C=O) groups is 1. The first-order valence-corrected chi connectivity index (χ1v) is 6.71. The maximum Gasteiger partial charge on any atom is 0.334 e. The number of rotatable bonds is 4. The molecule has 1 aliphatic heterocycles. The van der Waals surface area contributed by atoms with Crippen molar-refractivity contribution < 1.29 is 19.2 Å². The van der Waals surface area contributed by atoms with Gasteiger partial charge in [-0.1, -0.05) is 25.1 Å². The number of allylic oxidation sites excluding steroid dienone is 3. The van der Waals surface area contributed by atoms with Gasteiger partial charge in [-0.25, -0.2) is 9.18 Å². The summed E-state index contributed by atoms with van der Waals surface area (Å²) in [6.07, 6.45) is 0.311. The van der Waals surface area contributed by atoms with E-state index in [9.17, 15) is 24.4 Å². The number of dihydropyridines is 1. The molecule has 1 aliphatic rings. The van der Waals surface area contributed by atoms with Crippen LogP contribution in [0.3, 0.4) is 0 Å². The van der Waals surface area contributed by atoms with Gasteiger partial charge in [0.15, 0.2) is 0 Å². The fourth-order valence-electron chi connectivity index (χ4n) is 2.67. The van der Waals surface area contributed by atoms with Crippen molar-refractivity contribution >= 4 is 5.97 Å². The van der Waals surface area contributed by atoms with Crippen molar-refractivity contribution in [2.24, 2.45) is 0 Å². The molecule has 1 aromatic rings. The molecule has 1 aromatic carbocycles. The summed E-state index contributed by atoms with van der Waals surface area (Å²) in [6.45, 7) is 3.23. The average Bonchev–Trinajstić information content (AvgIpc) is 2.45. The van der Waals surface area contributed by atoms with Crippen LogP contribution in [-0.4, -0.2) is 16.0 Å². The van der Waals surface area contributed by atoms with Gasteiger partial charge in [0, 0.05) is 11.3 Å². The summed E-state index contributed by atoms with van der Waals surface area (Å²) >= 11 is 0. The first-order valence-electron chi connectivity index (χ1n) is 6.71. The molecule has 0 saturated heterocycles. The lowest BCUT2D eigenvalue weighted by Gasteiger charge is -2.26. The minimum Gasteiger partial charge on any atom is -0.478 e. The zero-order valence-corrected chi connectivity index (χ0v) is 12.1. The molecule has 0 saturated carbocycles. The Kier molecular flexibility index (Phi) is 4.25. The highest BCUT2D eigenvalue weighted by molar-refractivity contribution is 5.90. The molecule has 2 rings (SSSR count). The maximum atomic E-state index is 14.1. The molecule has 0 aromatic heterocycles. The number of nitrogens with zero attached hydrogens (tertiary/aromatic N) is 1. The van der Waals surface area contributed by atoms with Crippen LogP contribution in [0.2, 0.25) is 0 Å². The SMILES string of the molecule is CCC1=C([N+](=O)[O-])[C@H](c2ccccc2F)C(C(=O)O)=C(C)N1. The number of benzene rings is 1. The summed E-state index contributed by atoms with van der Waals surface area (Å²) < 4.78 is 14.1. The third-order valence-corrected chi connectivity index (χ3v) is 3.61. The lowest BCUT2D eigenvalue weighted by atomic mass is 9.83. The number of halogens is 1. The molecule has 0 amide bonds. The van der Waals surface area contributed by atoms with E-state index in [1.165, 1.54) is 25.1 Å². The number of hydrogen-bond acceptors (Lipinski definition) is 4. The first kappa shape index (κ1) is 15.7. The van der Waals surface area contributed by atoms with Crippen LogP contribution in [0.4, 0.5) is 4.39 Å². The Morgan fingerprint density at radius 3 is 2.59 bits per heavy atom. The van der Waals surface area contributed by atoms with Crippen molar-refractivity contribution in [3.8, 4) is 0 Å². The second-order valence-electron chi connectivity index (χ2n) is 4.90. The lowest BCUT2D eigenvalue weighted by Crippen LogP contribution is -2.32. The Labute approximate surface area is 126 Å². The molecule has 0 fully saturated rings. The normalized spacial score (nSPS) is 18.2. The number of nitro groups is 1. The second-order valence-corrected chi connectivity index (χ2v) is 4.90. The van der Waals surface area contributed by atoms with Crippen LogP contribution in [0.15, 0.2) is 46.9 Å². The number of hydrogen-bond donors (Lipinski definition) is 2. The van der Waals surface area contributed by atoms with Crippen molar-refractivity contribution in [2.45, 2.75) is 26.2 Å². The van der Waals surface area contributed by atoms with Gasteiger partial charge in [-0.15, -0.1) is 0 Å². The zero-order chi connectivity index (χ0) is 16.4. The van der Waals surface area contributed by atoms with Gasteiger partial charge in [-0.2, -0.15) is 0 Å². The highest BCUT2D eigenvalue weighted by Crippen LogP contribution is 2.39. The van der Waals surface area contributed by atoms with Crippen LogP contribution >= 0.6 is 0 Å². The smallest absolute Gasteiger partial charge is 0.334 e. The number of nitrogens with one attached hydrogen (secondary N) is 1. The van der Waals surface area contributed by atoms with Gasteiger partial charge in [0.1, 0.15) is 11.7 Å². The van der Waals surface area contributed by atoms with Gasteiger partial charge >= 0.3 is 5.97 Å². The summed E-state index contributed by atoms with van der Waals surface area (Å²) in [4.78, 5) is 22.4. The largest absolute Gasteiger partial charge is 0.478 e. The molecule has 7 heteroatoms. The van der Waals surface area contributed by atoms with Crippen molar-refractivity contribution in [2.75, 3.05) is 0 Å². The van der Waals surface area contributed by atoms with Crippen LogP contribution < -0.4 is 5.32 Å². The molecule has 6 nitrogen and oxygen atoms in total. The Morgan fingerprint density at radius 1 is 1.45 bits per heavy atom. The Hall–Kier alpha value is -2.70. The van der Waals surface area contributed by atoms with Gasteiger partial charge in [-0.3, -0.25) is 10.1 Å². The molecular weight excluding hydrogens is 291 g/mol. The molecular formula is C15H15FN2O4. The van der Waals surface area contributed by atoms with Crippen LogP contribution in [0.25, 0.3) is 0 Å². The van der Waals surface area contributed by atoms with Gasteiger partial charge in [-0.05, 0) is 19.4 Å². The topological polar surface area (TPSA) is 92.5 Å². The summed E-state index contributed by atoms with van der Waals surface area (Å²) in [5.41, 5.74) is 0.0203. The van der Waals surface area contributed by atoms with E-state index < -0.39 is 22.6 Å². The van der Waals surface area contributed by atoms with Gasteiger partial charge in [0.2, 0.25) is 0 Å².